The van der Waals surface area contributed by atoms with Crippen LogP contribution < -0.4 is 10.9 Å². The van der Waals surface area contributed by atoms with Crippen molar-refractivity contribution in [2.24, 2.45) is 0 Å². The molecule has 12 heavy (non-hydrogen) atoms. The fourth-order valence-electron chi connectivity index (χ4n) is 0.858. The normalized spacial score (nSPS) is 9.42. The topological polar surface area (TPSA) is 62.0 Å². The Morgan fingerprint density at radius 2 is 2.33 bits per heavy atom. The van der Waals surface area contributed by atoms with Gasteiger partial charge in [0.15, 0.2) is 0 Å². The summed E-state index contributed by atoms with van der Waals surface area (Å²) in [4.78, 5) is 24.2. The van der Waals surface area contributed by atoms with Crippen molar-refractivity contribution in [3.63, 3.8) is 0 Å². The number of likely N-dealkylation sites (N-methyl/N-ethyl adjacent to an activating group) is 1. The minimum absolute atomic E-state index is 0.114. The summed E-state index contributed by atoms with van der Waals surface area (Å²) in [5.41, 5.74) is 0.443. The van der Waals surface area contributed by atoms with E-state index in [0.29, 0.717) is 5.69 Å². The van der Waals surface area contributed by atoms with E-state index < -0.39 is 0 Å². The van der Waals surface area contributed by atoms with Gasteiger partial charge in [0.2, 0.25) is 11.5 Å². The highest BCUT2D eigenvalue weighted by molar-refractivity contribution is 5.77. The number of H-pyrrole nitrogens is 1. The van der Waals surface area contributed by atoms with E-state index in [1.807, 2.05) is 0 Å². The van der Waals surface area contributed by atoms with Crippen molar-refractivity contribution in [1.82, 2.24) is 10.3 Å². The van der Waals surface area contributed by atoms with Gasteiger partial charge in [-0.1, -0.05) is 6.07 Å². The smallest absolute Gasteiger partial charge is 0.248 e. The van der Waals surface area contributed by atoms with Crippen LogP contribution in [0.3, 0.4) is 0 Å². The summed E-state index contributed by atoms with van der Waals surface area (Å²) < 4.78 is 0. The number of pyridine rings is 1. The van der Waals surface area contributed by atoms with Crippen molar-refractivity contribution in [3.8, 4) is 0 Å². The van der Waals surface area contributed by atoms with Gasteiger partial charge < -0.3 is 10.3 Å². The molecule has 64 valence electrons. The largest absolute Gasteiger partial charge is 0.359 e. The minimum Gasteiger partial charge on any atom is -0.359 e. The van der Waals surface area contributed by atoms with Gasteiger partial charge in [0.25, 0.3) is 0 Å². The fourth-order valence-corrected chi connectivity index (χ4v) is 0.858. The van der Waals surface area contributed by atoms with Gasteiger partial charge in [0, 0.05) is 18.8 Å². The molecule has 4 nitrogen and oxygen atoms in total. The summed E-state index contributed by atoms with van der Waals surface area (Å²) in [6.45, 7) is 0. The molecule has 1 heterocycles. The maximum absolute atomic E-state index is 10.9. The predicted molar refractivity (Wildman–Crippen MR) is 44.8 cm³/mol. The number of hydrogen-bond donors (Lipinski definition) is 2. The Bertz CT molecular complexity index is 330. The molecule has 2 N–H and O–H groups in total. The first-order valence-corrected chi connectivity index (χ1v) is 3.61. The molecule has 1 aromatic heterocycles. The van der Waals surface area contributed by atoms with Gasteiger partial charge in [0.1, 0.15) is 0 Å². The lowest BCUT2D eigenvalue weighted by molar-refractivity contribution is -0.120. The summed E-state index contributed by atoms with van der Waals surface area (Å²) in [6, 6.07) is 4.74. The average molecular weight is 166 g/mol. The van der Waals surface area contributed by atoms with Crippen molar-refractivity contribution in [2.45, 2.75) is 6.42 Å². The van der Waals surface area contributed by atoms with E-state index in [9.17, 15) is 9.59 Å². The molecular weight excluding hydrogens is 156 g/mol. The number of carbonyl (C=O) groups is 1. The number of nitrogens with one attached hydrogen (secondary N) is 2. The number of amides is 1. The van der Waals surface area contributed by atoms with E-state index in [0.717, 1.165) is 0 Å². The molecule has 0 aliphatic heterocycles. The van der Waals surface area contributed by atoms with E-state index >= 15 is 0 Å². The van der Waals surface area contributed by atoms with Crippen LogP contribution in [-0.2, 0) is 11.2 Å². The molecular formula is C8H10N2O2. The van der Waals surface area contributed by atoms with Crippen LogP contribution >= 0.6 is 0 Å². The molecule has 4 heteroatoms. The van der Waals surface area contributed by atoms with Crippen molar-refractivity contribution >= 4 is 5.91 Å². The first-order chi connectivity index (χ1) is 5.72. The number of hydrogen-bond acceptors (Lipinski definition) is 2. The first kappa shape index (κ1) is 8.52. The third kappa shape index (κ3) is 2.23. The number of aromatic nitrogens is 1. The van der Waals surface area contributed by atoms with Gasteiger partial charge in [-0.25, -0.2) is 0 Å². The minimum atomic E-state index is -0.184. The zero-order valence-electron chi connectivity index (χ0n) is 6.76. The highest BCUT2D eigenvalue weighted by Crippen LogP contribution is 1.90. The quantitative estimate of drug-likeness (QED) is 0.631. The monoisotopic (exact) mass is 166 g/mol. The molecule has 0 fully saturated rings. The van der Waals surface area contributed by atoms with Gasteiger partial charge >= 0.3 is 0 Å². The molecule has 0 spiro atoms. The molecule has 0 bridgehead atoms. The van der Waals surface area contributed by atoms with Gasteiger partial charge in [-0.3, -0.25) is 9.59 Å². The maximum atomic E-state index is 10.9. The second kappa shape index (κ2) is 3.71. The van der Waals surface area contributed by atoms with Crippen LogP contribution in [0.15, 0.2) is 23.0 Å². The Hall–Kier alpha value is -1.58. The van der Waals surface area contributed by atoms with Crippen molar-refractivity contribution in [3.05, 3.63) is 34.2 Å². The van der Waals surface area contributed by atoms with E-state index in [1.165, 1.54) is 6.07 Å². The lowest BCUT2D eigenvalue weighted by atomic mass is 10.2. The molecule has 1 rings (SSSR count). The van der Waals surface area contributed by atoms with Crippen LogP contribution in [0.4, 0.5) is 0 Å². The van der Waals surface area contributed by atoms with E-state index in [4.69, 9.17) is 0 Å². The molecule has 0 aliphatic carbocycles. The van der Waals surface area contributed by atoms with E-state index in [2.05, 4.69) is 10.3 Å². The summed E-state index contributed by atoms with van der Waals surface area (Å²) in [6.07, 6.45) is 0.215. The van der Waals surface area contributed by atoms with Crippen LogP contribution in [0.2, 0.25) is 0 Å². The van der Waals surface area contributed by atoms with E-state index in [1.54, 1.807) is 19.2 Å². The summed E-state index contributed by atoms with van der Waals surface area (Å²) >= 11 is 0. The van der Waals surface area contributed by atoms with Crippen LogP contribution in [-0.4, -0.2) is 17.9 Å². The predicted octanol–water partition coefficient (Wildman–Crippen LogP) is -0.337. The second-order valence-corrected chi connectivity index (χ2v) is 2.39. The van der Waals surface area contributed by atoms with Crippen LogP contribution in [0, 0.1) is 0 Å². The summed E-state index contributed by atoms with van der Waals surface area (Å²) in [7, 11) is 1.56. The Labute approximate surface area is 69.6 Å². The molecule has 1 aromatic rings. The summed E-state index contributed by atoms with van der Waals surface area (Å²) in [5, 5.41) is 2.47. The van der Waals surface area contributed by atoms with Gasteiger partial charge in [-0.15, -0.1) is 0 Å². The lowest BCUT2D eigenvalue weighted by Gasteiger charge is -1.98. The Kier molecular flexibility index (Phi) is 2.63. The molecule has 0 aliphatic rings. The number of rotatable bonds is 2. The highest BCUT2D eigenvalue weighted by Gasteiger charge is 1.99. The molecule has 0 saturated heterocycles. The molecule has 0 unspecified atom stereocenters. The number of carbonyl (C=O) groups excluding carboxylic acids is 1. The van der Waals surface area contributed by atoms with Crippen LogP contribution in [0.1, 0.15) is 5.69 Å². The molecule has 0 atom stereocenters. The summed E-state index contributed by atoms with van der Waals surface area (Å²) in [5.74, 6) is -0.114. The molecule has 0 radical (unpaired) electrons. The zero-order valence-corrected chi connectivity index (χ0v) is 6.76. The van der Waals surface area contributed by atoms with Crippen LogP contribution in [0.5, 0.6) is 0 Å². The Morgan fingerprint density at radius 3 is 2.92 bits per heavy atom. The maximum Gasteiger partial charge on any atom is 0.248 e. The average Bonchev–Trinajstić information content (AvgIpc) is 2.04. The van der Waals surface area contributed by atoms with Gasteiger partial charge in [-0.05, 0) is 6.07 Å². The lowest BCUT2D eigenvalue weighted by Crippen LogP contribution is -2.21. The fraction of sp³-hybridized carbons (Fsp3) is 0.250. The molecule has 0 saturated carbocycles. The third-order valence-corrected chi connectivity index (χ3v) is 1.46. The molecule has 0 aromatic carbocycles. The Balaban J connectivity index is 2.76. The van der Waals surface area contributed by atoms with E-state index in [-0.39, 0.29) is 17.9 Å². The highest BCUT2D eigenvalue weighted by atomic mass is 16.1. The Morgan fingerprint density at radius 1 is 1.58 bits per heavy atom. The van der Waals surface area contributed by atoms with Crippen molar-refractivity contribution in [1.29, 1.82) is 0 Å². The first-order valence-electron chi connectivity index (χ1n) is 3.61. The van der Waals surface area contributed by atoms with Gasteiger partial charge in [-0.2, -0.15) is 0 Å². The molecule has 1 amide bonds. The number of aromatic amines is 1. The van der Waals surface area contributed by atoms with Crippen molar-refractivity contribution < 1.29 is 4.79 Å². The van der Waals surface area contributed by atoms with Gasteiger partial charge in [0.05, 0.1) is 6.42 Å². The second-order valence-electron chi connectivity index (χ2n) is 2.39. The SMILES string of the molecule is CNC(=O)Cc1cccc(=O)[nH]1. The van der Waals surface area contributed by atoms with Crippen molar-refractivity contribution in [2.75, 3.05) is 7.05 Å². The zero-order chi connectivity index (χ0) is 8.97. The third-order valence-electron chi connectivity index (χ3n) is 1.46. The van der Waals surface area contributed by atoms with Crippen LogP contribution in [0.25, 0.3) is 0 Å². The standard InChI is InChI=1S/C8H10N2O2/c1-9-8(12)5-6-3-2-4-7(11)10-6/h2-4H,5H2,1H3,(H,9,12)(H,10,11).